The van der Waals surface area contributed by atoms with E-state index in [9.17, 15) is 8.42 Å². The van der Waals surface area contributed by atoms with E-state index in [1.165, 1.54) is 0 Å². The van der Waals surface area contributed by atoms with E-state index in [1.807, 2.05) is 18.2 Å². The van der Waals surface area contributed by atoms with E-state index in [1.54, 1.807) is 7.11 Å². The van der Waals surface area contributed by atoms with Crippen molar-refractivity contribution in [2.24, 2.45) is 0 Å². The van der Waals surface area contributed by atoms with Crippen LogP contribution in [0.15, 0.2) is 22.7 Å². The number of methoxy groups -OCH3 is 1. The molecule has 6 heteroatoms. The maximum atomic E-state index is 11.6. The molecule has 1 atom stereocenters. The van der Waals surface area contributed by atoms with Gasteiger partial charge in [-0.3, -0.25) is 0 Å². The van der Waals surface area contributed by atoms with Crippen LogP contribution in [0.1, 0.15) is 12.8 Å². The maximum absolute atomic E-state index is 11.6. The summed E-state index contributed by atoms with van der Waals surface area (Å²) in [5.74, 6) is 1.26. The fourth-order valence-corrected chi connectivity index (χ4v) is 4.10. The number of rotatable bonds is 3. The van der Waals surface area contributed by atoms with E-state index in [4.69, 9.17) is 4.74 Å². The second kappa shape index (κ2) is 5.48. The van der Waals surface area contributed by atoms with Crippen LogP contribution >= 0.6 is 15.9 Å². The standard InChI is InChI=1S/C12H16BrNO3S/c1-17-10-4-5-11(13)12(7-10)14-9-3-2-6-18(15,16)8-9/h4-5,7,9,14H,2-3,6,8H2,1H3. The minimum Gasteiger partial charge on any atom is -0.497 e. The molecular weight excluding hydrogens is 318 g/mol. The third kappa shape index (κ3) is 3.38. The van der Waals surface area contributed by atoms with Crippen molar-refractivity contribution in [1.82, 2.24) is 0 Å². The van der Waals surface area contributed by atoms with E-state index < -0.39 is 9.84 Å². The Bertz CT molecular complexity index is 530. The minimum absolute atomic E-state index is 0.0212. The van der Waals surface area contributed by atoms with Crippen molar-refractivity contribution in [2.75, 3.05) is 23.9 Å². The van der Waals surface area contributed by atoms with E-state index >= 15 is 0 Å². The molecular formula is C12H16BrNO3S. The van der Waals surface area contributed by atoms with Gasteiger partial charge in [0.15, 0.2) is 9.84 Å². The lowest BCUT2D eigenvalue weighted by Crippen LogP contribution is -2.34. The zero-order valence-corrected chi connectivity index (χ0v) is 12.6. The molecule has 1 aliphatic heterocycles. The lowest BCUT2D eigenvalue weighted by Gasteiger charge is -2.24. The van der Waals surface area contributed by atoms with Gasteiger partial charge >= 0.3 is 0 Å². The molecule has 100 valence electrons. The SMILES string of the molecule is COc1ccc(Br)c(NC2CCCS(=O)(=O)C2)c1. The van der Waals surface area contributed by atoms with Gasteiger partial charge in [0, 0.05) is 16.6 Å². The lowest BCUT2D eigenvalue weighted by atomic mass is 10.1. The van der Waals surface area contributed by atoms with Gasteiger partial charge in [-0.25, -0.2) is 8.42 Å². The number of anilines is 1. The van der Waals surface area contributed by atoms with Crippen molar-refractivity contribution in [3.05, 3.63) is 22.7 Å². The molecule has 0 bridgehead atoms. The molecule has 1 aromatic rings. The fraction of sp³-hybridized carbons (Fsp3) is 0.500. The molecule has 0 saturated carbocycles. The van der Waals surface area contributed by atoms with Crippen LogP contribution in [0, 0.1) is 0 Å². The van der Waals surface area contributed by atoms with Crippen LogP contribution in [0.2, 0.25) is 0 Å². The van der Waals surface area contributed by atoms with Gasteiger partial charge in [0.25, 0.3) is 0 Å². The van der Waals surface area contributed by atoms with Gasteiger partial charge < -0.3 is 10.1 Å². The summed E-state index contributed by atoms with van der Waals surface area (Å²) in [4.78, 5) is 0. The van der Waals surface area contributed by atoms with Crippen LogP contribution in [-0.2, 0) is 9.84 Å². The molecule has 1 unspecified atom stereocenters. The van der Waals surface area contributed by atoms with Crippen molar-refractivity contribution < 1.29 is 13.2 Å². The second-order valence-electron chi connectivity index (χ2n) is 4.44. The molecule has 0 amide bonds. The van der Waals surface area contributed by atoms with Crippen LogP contribution in [0.4, 0.5) is 5.69 Å². The summed E-state index contributed by atoms with van der Waals surface area (Å²) in [5.41, 5.74) is 0.872. The molecule has 0 aliphatic carbocycles. The quantitative estimate of drug-likeness (QED) is 0.923. The third-order valence-electron chi connectivity index (χ3n) is 3.00. The topological polar surface area (TPSA) is 55.4 Å². The second-order valence-corrected chi connectivity index (χ2v) is 7.53. The van der Waals surface area contributed by atoms with Gasteiger partial charge in [-0.15, -0.1) is 0 Å². The number of halogens is 1. The Morgan fingerprint density at radius 3 is 2.89 bits per heavy atom. The summed E-state index contributed by atoms with van der Waals surface area (Å²) < 4.78 is 29.2. The average molecular weight is 334 g/mol. The fourth-order valence-electron chi connectivity index (χ4n) is 2.10. The Morgan fingerprint density at radius 2 is 2.22 bits per heavy atom. The minimum atomic E-state index is -2.89. The van der Waals surface area contributed by atoms with Crippen LogP contribution in [0.5, 0.6) is 5.75 Å². The molecule has 1 saturated heterocycles. The molecule has 1 N–H and O–H groups in total. The van der Waals surface area contributed by atoms with Crippen LogP contribution in [-0.4, -0.2) is 33.1 Å². The van der Waals surface area contributed by atoms with Gasteiger partial charge in [-0.2, -0.15) is 0 Å². The highest BCUT2D eigenvalue weighted by atomic mass is 79.9. The van der Waals surface area contributed by atoms with E-state index in [0.717, 1.165) is 28.8 Å². The summed E-state index contributed by atoms with van der Waals surface area (Å²) in [6, 6.07) is 5.59. The predicted molar refractivity (Wildman–Crippen MR) is 76.0 cm³/mol. The zero-order chi connectivity index (χ0) is 13.2. The van der Waals surface area contributed by atoms with Gasteiger partial charge in [0.2, 0.25) is 0 Å². The Labute approximate surface area is 116 Å². The molecule has 1 aromatic carbocycles. The van der Waals surface area contributed by atoms with Gasteiger partial charge in [-0.05, 0) is 40.9 Å². The van der Waals surface area contributed by atoms with E-state index in [-0.39, 0.29) is 11.8 Å². The predicted octanol–water partition coefficient (Wildman–Crippen LogP) is 2.45. The number of hydrogen-bond donors (Lipinski definition) is 1. The first kappa shape index (κ1) is 13.7. The zero-order valence-electron chi connectivity index (χ0n) is 10.1. The first-order valence-electron chi connectivity index (χ1n) is 5.81. The number of sulfone groups is 1. The highest BCUT2D eigenvalue weighted by Crippen LogP contribution is 2.29. The normalized spacial score (nSPS) is 22.4. The highest BCUT2D eigenvalue weighted by molar-refractivity contribution is 9.10. The van der Waals surface area contributed by atoms with Gasteiger partial charge in [0.05, 0.1) is 24.3 Å². The largest absolute Gasteiger partial charge is 0.497 e. The molecule has 1 aliphatic rings. The maximum Gasteiger partial charge on any atom is 0.152 e. The smallest absolute Gasteiger partial charge is 0.152 e. The van der Waals surface area contributed by atoms with E-state index in [2.05, 4.69) is 21.2 Å². The first-order chi connectivity index (χ1) is 8.50. The Morgan fingerprint density at radius 1 is 1.44 bits per heavy atom. The average Bonchev–Trinajstić information content (AvgIpc) is 2.31. The number of nitrogens with one attached hydrogen (secondary N) is 1. The summed E-state index contributed by atoms with van der Waals surface area (Å²) in [6.07, 6.45) is 1.60. The van der Waals surface area contributed by atoms with Crippen molar-refractivity contribution in [3.8, 4) is 5.75 Å². The molecule has 1 heterocycles. The van der Waals surface area contributed by atoms with Crippen molar-refractivity contribution in [2.45, 2.75) is 18.9 Å². The third-order valence-corrected chi connectivity index (χ3v) is 5.51. The van der Waals surface area contributed by atoms with E-state index in [0.29, 0.717) is 5.75 Å². The summed E-state index contributed by atoms with van der Waals surface area (Å²) in [5, 5.41) is 3.27. The van der Waals surface area contributed by atoms with Gasteiger partial charge in [0.1, 0.15) is 5.75 Å². The summed E-state index contributed by atoms with van der Waals surface area (Å²) in [7, 11) is -1.28. The molecule has 18 heavy (non-hydrogen) atoms. The highest BCUT2D eigenvalue weighted by Gasteiger charge is 2.24. The van der Waals surface area contributed by atoms with Crippen molar-refractivity contribution in [3.63, 3.8) is 0 Å². The molecule has 4 nitrogen and oxygen atoms in total. The molecule has 0 aromatic heterocycles. The summed E-state index contributed by atoms with van der Waals surface area (Å²) >= 11 is 3.45. The monoisotopic (exact) mass is 333 g/mol. The Hall–Kier alpha value is -0.750. The first-order valence-corrected chi connectivity index (χ1v) is 8.42. The molecule has 2 rings (SSSR count). The summed E-state index contributed by atoms with van der Waals surface area (Å²) in [6.45, 7) is 0. The Kier molecular flexibility index (Phi) is 4.17. The molecule has 0 radical (unpaired) electrons. The van der Waals surface area contributed by atoms with Crippen molar-refractivity contribution >= 4 is 31.5 Å². The number of benzene rings is 1. The van der Waals surface area contributed by atoms with Crippen LogP contribution in [0.3, 0.4) is 0 Å². The number of ether oxygens (including phenoxy) is 1. The van der Waals surface area contributed by atoms with Crippen molar-refractivity contribution in [1.29, 1.82) is 0 Å². The molecule has 0 spiro atoms. The molecule has 1 fully saturated rings. The van der Waals surface area contributed by atoms with Crippen LogP contribution < -0.4 is 10.1 Å². The Balaban J connectivity index is 2.13. The number of hydrogen-bond acceptors (Lipinski definition) is 4. The van der Waals surface area contributed by atoms with Crippen LogP contribution in [0.25, 0.3) is 0 Å². The lowest BCUT2D eigenvalue weighted by molar-refractivity contribution is 0.415. The van der Waals surface area contributed by atoms with Gasteiger partial charge in [-0.1, -0.05) is 0 Å².